The highest BCUT2D eigenvalue weighted by molar-refractivity contribution is 6.31. The van der Waals surface area contributed by atoms with Crippen LogP contribution < -0.4 is 0 Å². The SMILES string of the molecule is CC(=O)c1c(O)n(Cc2ccccc2)c2ccc(Cl)cc12. The Morgan fingerprint density at radius 1 is 1.19 bits per heavy atom. The standard InChI is InChI=1S/C17H14ClNO2/c1-11(20)16-14-9-13(18)7-8-15(14)19(17(16)21)10-12-5-3-2-4-6-12/h2-9,21H,10H2,1H3. The van der Waals surface area contributed by atoms with Gasteiger partial charge in [0.15, 0.2) is 5.78 Å². The van der Waals surface area contributed by atoms with Crippen molar-refractivity contribution in [1.82, 2.24) is 4.57 Å². The van der Waals surface area contributed by atoms with E-state index in [-0.39, 0.29) is 11.7 Å². The van der Waals surface area contributed by atoms with Gasteiger partial charge in [0.25, 0.3) is 0 Å². The maximum Gasteiger partial charge on any atom is 0.203 e. The Morgan fingerprint density at radius 3 is 2.57 bits per heavy atom. The van der Waals surface area contributed by atoms with E-state index in [9.17, 15) is 9.90 Å². The number of carbonyl (C=O) groups is 1. The first-order valence-corrected chi connectivity index (χ1v) is 7.01. The molecule has 0 fully saturated rings. The molecule has 0 aliphatic rings. The molecule has 0 atom stereocenters. The summed E-state index contributed by atoms with van der Waals surface area (Å²) in [6.45, 7) is 1.94. The van der Waals surface area contributed by atoms with Crippen LogP contribution in [-0.4, -0.2) is 15.5 Å². The number of ketones is 1. The molecule has 106 valence electrons. The minimum absolute atomic E-state index is 0.0105. The molecule has 0 radical (unpaired) electrons. The summed E-state index contributed by atoms with van der Waals surface area (Å²) in [5.41, 5.74) is 2.17. The van der Waals surface area contributed by atoms with Crippen LogP contribution in [-0.2, 0) is 6.54 Å². The lowest BCUT2D eigenvalue weighted by Gasteiger charge is -2.07. The Kier molecular flexibility index (Phi) is 3.43. The first-order valence-electron chi connectivity index (χ1n) is 6.63. The van der Waals surface area contributed by atoms with Gasteiger partial charge >= 0.3 is 0 Å². The van der Waals surface area contributed by atoms with Crippen LogP contribution in [0.5, 0.6) is 5.88 Å². The third kappa shape index (κ3) is 2.41. The quantitative estimate of drug-likeness (QED) is 0.735. The number of aromatic nitrogens is 1. The molecule has 1 heterocycles. The first kappa shape index (κ1) is 13.7. The molecule has 3 aromatic rings. The highest BCUT2D eigenvalue weighted by atomic mass is 35.5. The van der Waals surface area contributed by atoms with Crippen molar-refractivity contribution < 1.29 is 9.90 Å². The van der Waals surface area contributed by atoms with Crippen LogP contribution in [0.2, 0.25) is 5.02 Å². The van der Waals surface area contributed by atoms with Gasteiger partial charge in [-0.15, -0.1) is 0 Å². The van der Waals surface area contributed by atoms with Gasteiger partial charge in [-0.25, -0.2) is 0 Å². The van der Waals surface area contributed by atoms with Crippen molar-refractivity contribution in [3.8, 4) is 5.88 Å². The zero-order valence-corrected chi connectivity index (χ0v) is 12.3. The van der Waals surface area contributed by atoms with Gasteiger partial charge in [0, 0.05) is 10.4 Å². The molecule has 0 saturated carbocycles. The van der Waals surface area contributed by atoms with Crippen LogP contribution in [0.15, 0.2) is 48.5 Å². The second-order valence-corrected chi connectivity index (χ2v) is 5.42. The fourth-order valence-electron chi connectivity index (χ4n) is 2.59. The van der Waals surface area contributed by atoms with Crippen molar-refractivity contribution in [3.05, 3.63) is 64.7 Å². The lowest BCUT2D eigenvalue weighted by Crippen LogP contribution is -1.99. The molecule has 0 unspecified atom stereocenters. The molecule has 3 nitrogen and oxygen atoms in total. The van der Waals surface area contributed by atoms with Crippen LogP contribution in [0.3, 0.4) is 0 Å². The molecular formula is C17H14ClNO2. The first-order chi connectivity index (χ1) is 10.1. The number of fused-ring (bicyclic) bond motifs is 1. The van der Waals surface area contributed by atoms with Crippen LogP contribution in [0.25, 0.3) is 10.9 Å². The molecule has 21 heavy (non-hydrogen) atoms. The van der Waals surface area contributed by atoms with Gasteiger partial charge in [-0.1, -0.05) is 41.9 Å². The molecule has 1 N–H and O–H groups in total. The van der Waals surface area contributed by atoms with E-state index in [1.165, 1.54) is 6.92 Å². The topological polar surface area (TPSA) is 42.2 Å². The number of rotatable bonds is 3. The second kappa shape index (κ2) is 5.26. The molecule has 0 aliphatic heterocycles. The number of benzene rings is 2. The molecular weight excluding hydrogens is 286 g/mol. The predicted octanol–water partition coefficient (Wildman–Crippen LogP) is 4.25. The van der Waals surface area contributed by atoms with E-state index >= 15 is 0 Å². The summed E-state index contributed by atoms with van der Waals surface area (Å²) in [5.74, 6) is -0.185. The lowest BCUT2D eigenvalue weighted by atomic mass is 10.1. The maximum atomic E-state index is 11.8. The van der Waals surface area contributed by atoms with Crippen molar-refractivity contribution in [3.63, 3.8) is 0 Å². The Balaban J connectivity index is 2.23. The molecule has 2 aromatic carbocycles. The van der Waals surface area contributed by atoms with Crippen LogP contribution in [0.4, 0.5) is 0 Å². The minimum atomic E-state index is -0.174. The molecule has 0 aliphatic carbocycles. The van der Waals surface area contributed by atoms with Crippen molar-refractivity contribution in [2.24, 2.45) is 0 Å². The predicted molar refractivity (Wildman–Crippen MR) is 84.2 cm³/mol. The van der Waals surface area contributed by atoms with Crippen LogP contribution >= 0.6 is 11.6 Å². The fourth-order valence-corrected chi connectivity index (χ4v) is 2.76. The number of hydrogen-bond acceptors (Lipinski definition) is 2. The molecule has 0 amide bonds. The smallest absolute Gasteiger partial charge is 0.203 e. The largest absolute Gasteiger partial charge is 0.494 e. The molecule has 0 spiro atoms. The van der Waals surface area contributed by atoms with E-state index in [1.807, 2.05) is 36.4 Å². The summed E-state index contributed by atoms with van der Waals surface area (Å²) >= 11 is 6.01. The molecule has 0 saturated heterocycles. The number of hydrogen-bond donors (Lipinski definition) is 1. The minimum Gasteiger partial charge on any atom is -0.494 e. The maximum absolute atomic E-state index is 11.8. The second-order valence-electron chi connectivity index (χ2n) is 4.99. The Bertz CT molecular complexity index is 822. The average molecular weight is 300 g/mol. The highest BCUT2D eigenvalue weighted by Crippen LogP contribution is 2.34. The van der Waals surface area contributed by atoms with Crippen LogP contribution in [0.1, 0.15) is 22.8 Å². The van der Waals surface area contributed by atoms with E-state index in [0.29, 0.717) is 22.5 Å². The molecule has 4 heteroatoms. The summed E-state index contributed by atoms with van der Waals surface area (Å²) in [5, 5.41) is 11.7. The van der Waals surface area contributed by atoms with Gasteiger partial charge in [-0.05, 0) is 30.7 Å². The van der Waals surface area contributed by atoms with Gasteiger partial charge in [-0.2, -0.15) is 0 Å². The monoisotopic (exact) mass is 299 g/mol. The van der Waals surface area contributed by atoms with Gasteiger partial charge in [0.05, 0.1) is 17.6 Å². The Labute approximate surface area is 127 Å². The zero-order chi connectivity index (χ0) is 15.0. The van der Waals surface area contributed by atoms with Crippen molar-refractivity contribution >= 4 is 28.3 Å². The van der Waals surface area contributed by atoms with E-state index in [2.05, 4.69) is 0 Å². The van der Waals surface area contributed by atoms with Crippen molar-refractivity contribution in [2.45, 2.75) is 13.5 Å². The summed E-state index contributed by atoms with van der Waals surface area (Å²) in [4.78, 5) is 11.8. The van der Waals surface area contributed by atoms with Crippen LogP contribution in [0, 0.1) is 0 Å². The number of aromatic hydroxyl groups is 1. The fraction of sp³-hybridized carbons (Fsp3) is 0.118. The average Bonchev–Trinajstić information content (AvgIpc) is 2.72. The summed E-state index contributed by atoms with van der Waals surface area (Å²) in [6.07, 6.45) is 0. The number of carbonyl (C=O) groups excluding carboxylic acids is 1. The molecule has 3 rings (SSSR count). The van der Waals surface area contributed by atoms with Gasteiger partial charge in [0.1, 0.15) is 0 Å². The third-order valence-electron chi connectivity index (χ3n) is 3.53. The summed E-state index contributed by atoms with van der Waals surface area (Å²) < 4.78 is 1.73. The lowest BCUT2D eigenvalue weighted by molar-refractivity contribution is 0.101. The zero-order valence-electron chi connectivity index (χ0n) is 11.5. The highest BCUT2D eigenvalue weighted by Gasteiger charge is 2.20. The van der Waals surface area contributed by atoms with Gasteiger partial charge < -0.3 is 9.67 Å². The normalized spacial score (nSPS) is 11.0. The molecule has 1 aromatic heterocycles. The Hall–Kier alpha value is -2.26. The van der Waals surface area contributed by atoms with E-state index < -0.39 is 0 Å². The van der Waals surface area contributed by atoms with Crippen molar-refractivity contribution in [1.29, 1.82) is 0 Å². The van der Waals surface area contributed by atoms with E-state index in [1.54, 1.807) is 16.7 Å². The van der Waals surface area contributed by atoms with E-state index in [0.717, 1.165) is 11.1 Å². The molecule has 0 bridgehead atoms. The van der Waals surface area contributed by atoms with E-state index in [4.69, 9.17) is 11.6 Å². The number of Topliss-reactive ketones (excluding diaryl/α,β-unsaturated/α-hetero) is 1. The van der Waals surface area contributed by atoms with Gasteiger partial charge in [0.2, 0.25) is 5.88 Å². The number of halogens is 1. The Morgan fingerprint density at radius 2 is 1.90 bits per heavy atom. The van der Waals surface area contributed by atoms with Crippen molar-refractivity contribution in [2.75, 3.05) is 0 Å². The summed E-state index contributed by atoms with van der Waals surface area (Å²) in [6, 6.07) is 15.1. The third-order valence-corrected chi connectivity index (χ3v) is 3.77. The summed E-state index contributed by atoms with van der Waals surface area (Å²) in [7, 11) is 0. The number of nitrogens with zero attached hydrogens (tertiary/aromatic N) is 1. The van der Waals surface area contributed by atoms with Gasteiger partial charge in [-0.3, -0.25) is 4.79 Å².